The molecule has 0 saturated carbocycles. The zero-order valence-corrected chi connectivity index (χ0v) is 13.8. The van der Waals surface area contributed by atoms with Crippen molar-refractivity contribution in [1.82, 2.24) is 0 Å². The molecule has 0 aromatic heterocycles. The number of carbonyl (C=O) groups excluding carboxylic acids is 1. The quantitative estimate of drug-likeness (QED) is 0.727. The van der Waals surface area contributed by atoms with Gasteiger partial charge in [0.15, 0.2) is 0 Å². The highest BCUT2D eigenvalue weighted by atomic mass is 35.5. The van der Waals surface area contributed by atoms with Gasteiger partial charge in [-0.25, -0.2) is 0 Å². The van der Waals surface area contributed by atoms with Gasteiger partial charge in [0.05, 0.1) is 21.3 Å². The third-order valence-electron chi connectivity index (χ3n) is 3.12. The average molecular weight is 377 g/mol. The number of alkyl halides is 3. The second-order valence-corrected chi connectivity index (χ2v) is 5.69. The molecule has 2 rings (SSSR count). The van der Waals surface area contributed by atoms with Crippen LogP contribution in [0, 0.1) is 0 Å². The summed E-state index contributed by atoms with van der Waals surface area (Å²) in [4.78, 5) is 11.9. The highest BCUT2D eigenvalue weighted by Gasteiger charge is 2.29. The van der Waals surface area contributed by atoms with Crippen LogP contribution in [0.25, 0.3) is 0 Å². The molecule has 128 valence electrons. The van der Waals surface area contributed by atoms with Crippen molar-refractivity contribution in [3.05, 3.63) is 58.1 Å². The topological polar surface area (TPSA) is 41.1 Å². The molecular formula is C16H13Cl2F3N2O. The van der Waals surface area contributed by atoms with E-state index in [2.05, 4.69) is 10.6 Å². The minimum absolute atomic E-state index is 0.115. The summed E-state index contributed by atoms with van der Waals surface area (Å²) in [6.07, 6.45) is -4.25. The zero-order chi connectivity index (χ0) is 17.7. The lowest BCUT2D eigenvalue weighted by molar-refractivity contribution is -0.137. The first-order valence-corrected chi connectivity index (χ1v) is 7.68. The van der Waals surface area contributed by atoms with Crippen LogP contribution in [0.5, 0.6) is 0 Å². The number of benzene rings is 2. The zero-order valence-electron chi connectivity index (χ0n) is 12.3. The second-order valence-electron chi connectivity index (χ2n) is 4.90. The van der Waals surface area contributed by atoms with Gasteiger partial charge in [-0.15, -0.1) is 0 Å². The van der Waals surface area contributed by atoms with Gasteiger partial charge in [-0.3, -0.25) is 4.79 Å². The first-order valence-electron chi connectivity index (χ1n) is 6.92. The number of rotatable bonds is 5. The van der Waals surface area contributed by atoms with Crippen LogP contribution >= 0.6 is 23.2 Å². The van der Waals surface area contributed by atoms with Crippen LogP contribution in [0.4, 0.5) is 24.5 Å². The van der Waals surface area contributed by atoms with E-state index >= 15 is 0 Å². The van der Waals surface area contributed by atoms with E-state index in [0.717, 1.165) is 12.1 Å². The molecule has 2 N–H and O–H groups in total. The summed E-state index contributed by atoms with van der Waals surface area (Å²) in [5.41, 5.74) is 0.182. The first-order chi connectivity index (χ1) is 11.3. The molecule has 0 fully saturated rings. The Hall–Kier alpha value is -1.92. The third-order valence-corrected chi connectivity index (χ3v) is 3.94. The minimum atomic E-state index is -4.37. The van der Waals surface area contributed by atoms with Crippen molar-refractivity contribution in [2.45, 2.75) is 12.6 Å². The molecule has 0 saturated heterocycles. The maximum absolute atomic E-state index is 12.5. The molecule has 0 bridgehead atoms. The molecule has 0 spiro atoms. The van der Waals surface area contributed by atoms with E-state index in [4.69, 9.17) is 23.2 Å². The molecule has 1 amide bonds. The Balaban J connectivity index is 1.83. The fraction of sp³-hybridized carbons (Fsp3) is 0.188. The molecular weight excluding hydrogens is 364 g/mol. The largest absolute Gasteiger partial charge is 0.416 e. The predicted octanol–water partition coefficient (Wildman–Crippen LogP) is 5.45. The van der Waals surface area contributed by atoms with Crippen LogP contribution in [0.15, 0.2) is 42.5 Å². The van der Waals surface area contributed by atoms with Gasteiger partial charge >= 0.3 is 6.18 Å². The van der Waals surface area contributed by atoms with E-state index in [9.17, 15) is 18.0 Å². The fourth-order valence-corrected chi connectivity index (χ4v) is 2.26. The summed E-state index contributed by atoms with van der Waals surface area (Å²) in [5, 5.41) is 6.08. The van der Waals surface area contributed by atoms with Crippen LogP contribution in [0.1, 0.15) is 12.0 Å². The normalized spacial score (nSPS) is 11.2. The van der Waals surface area contributed by atoms with Gasteiger partial charge in [0.2, 0.25) is 5.91 Å². The van der Waals surface area contributed by atoms with Gasteiger partial charge in [-0.2, -0.15) is 13.2 Å². The number of carbonyl (C=O) groups is 1. The standard InChI is InChI=1S/C16H13Cl2F3N2O/c17-12-2-1-3-13(15(12)18)23-14(24)8-9-22-11-6-4-10(5-7-11)16(19,20)21/h1-7,22H,8-9H2,(H,23,24). The predicted molar refractivity (Wildman–Crippen MR) is 89.6 cm³/mol. The van der Waals surface area contributed by atoms with Crippen LogP contribution < -0.4 is 10.6 Å². The lowest BCUT2D eigenvalue weighted by Gasteiger charge is -2.10. The Kier molecular flexibility index (Phi) is 5.96. The molecule has 2 aromatic carbocycles. The van der Waals surface area contributed by atoms with E-state index in [0.29, 0.717) is 16.4 Å². The molecule has 0 heterocycles. The summed E-state index contributed by atoms with van der Waals surface area (Å²) in [7, 11) is 0. The van der Waals surface area contributed by atoms with Crippen LogP contribution in [0.2, 0.25) is 10.0 Å². The molecule has 8 heteroatoms. The molecule has 3 nitrogen and oxygen atoms in total. The van der Waals surface area contributed by atoms with E-state index in [1.807, 2.05) is 0 Å². The Morgan fingerprint density at radius 3 is 2.33 bits per heavy atom. The lowest BCUT2D eigenvalue weighted by atomic mass is 10.2. The fourth-order valence-electron chi connectivity index (χ4n) is 1.91. The van der Waals surface area contributed by atoms with Crippen molar-refractivity contribution >= 4 is 40.5 Å². The van der Waals surface area contributed by atoms with E-state index in [-0.39, 0.29) is 23.9 Å². The maximum atomic E-state index is 12.5. The van der Waals surface area contributed by atoms with Crippen LogP contribution in [0.3, 0.4) is 0 Å². The molecule has 0 aliphatic rings. The van der Waals surface area contributed by atoms with Crippen LogP contribution in [-0.4, -0.2) is 12.5 Å². The van der Waals surface area contributed by atoms with E-state index < -0.39 is 11.7 Å². The highest BCUT2D eigenvalue weighted by Crippen LogP contribution is 2.30. The molecule has 0 unspecified atom stereocenters. The van der Waals surface area contributed by atoms with Crippen molar-refractivity contribution < 1.29 is 18.0 Å². The second kappa shape index (κ2) is 7.77. The molecule has 0 atom stereocenters. The maximum Gasteiger partial charge on any atom is 0.416 e. The monoisotopic (exact) mass is 376 g/mol. The van der Waals surface area contributed by atoms with Crippen molar-refractivity contribution in [2.24, 2.45) is 0 Å². The van der Waals surface area contributed by atoms with Gasteiger partial charge in [-0.05, 0) is 36.4 Å². The van der Waals surface area contributed by atoms with Gasteiger partial charge in [0.25, 0.3) is 0 Å². The van der Waals surface area contributed by atoms with Crippen molar-refractivity contribution in [2.75, 3.05) is 17.2 Å². The highest BCUT2D eigenvalue weighted by molar-refractivity contribution is 6.43. The Morgan fingerprint density at radius 1 is 1.04 bits per heavy atom. The smallest absolute Gasteiger partial charge is 0.385 e. The summed E-state index contributed by atoms with van der Waals surface area (Å²) >= 11 is 11.8. The number of halogens is 5. The minimum Gasteiger partial charge on any atom is -0.385 e. The first kappa shape index (κ1) is 18.4. The molecule has 24 heavy (non-hydrogen) atoms. The third kappa shape index (κ3) is 5.04. The van der Waals surface area contributed by atoms with Crippen molar-refractivity contribution in [1.29, 1.82) is 0 Å². The average Bonchev–Trinajstić information content (AvgIpc) is 2.51. The molecule has 0 aliphatic heterocycles. The number of nitrogens with one attached hydrogen (secondary N) is 2. The number of hydrogen-bond acceptors (Lipinski definition) is 2. The Labute approximate surface area is 146 Å². The number of amides is 1. The number of anilines is 2. The summed E-state index contributed by atoms with van der Waals surface area (Å²) < 4.78 is 37.4. The van der Waals surface area contributed by atoms with E-state index in [1.54, 1.807) is 18.2 Å². The van der Waals surface area contributed by atoms with E-state index in [1.165, 1.54) is 12.1 Å². The van der Waals surface area contributed by atoms with Crippen molar-refractivity contribution in [3.63, 3.8) is 0 Å². The van der Waals surface area contributed by atoms with Gasteiger partial charge in [0, 0.05) is 18.7 Å². The molecule has 0 aliphatic carbocycles. The van der Waals surface area contributed by atoms with Crippen molar-refractivity contribution in [3.8, 4) is 0 Å². The summed E-state index contributed by atoms with van der Waals surface area (Å²) in [6, 6.07) is 9.47. The van der Waals surface area contributed by atoms with Gasteiger partial charge < -0.3 is 10.6 Å². The summed E-state index contributed by atoms with van der Waals surface area (Å²) in [6.45, 7) is 0.259. The van der Waals surface area contributed by atoms with Crippen LogP contribution in [-0.2, 0) is 11.0 Å². The van der Waals surface area contributed by atoms with Gasteiger partial charge in [-0.1, -0.05) is 29.3 Å². The SMILES string of the molecule is O=C(CCNc1ccc(C(F)(F)F)cc1)Nc1cccc(Cl)c1Cl. The number of hydrogen-bond donors (Lipinski definition) is 2. The summed E-state index contributed by atoms with van der Waals surface area (Å²) in [5.74, 6) is -0.293. The Bertz CT molecular complexity index is 718. The Morgan fingerprint density at radius 2 is 1.71 bits per heavy atom. The lowest BCUT2D eigenvalue weighted by Crippen LogP contribution is -2.16. The molecule has 0 radical (unpaired) electrons. The van der Waals surface area contributed by atoms with Gasteiger partial charge in [0.1, 0.15) is 0 Å². The molecule has 2 aromatic rings.